The Morgan fingerprint density at radius 3 is 2.44 bits per heavy atom. The molecule has 0 atom stereocenters. The molecule has 0 aliphatic heterocycles. The number of rotatable bonds is 3. The predicted molar refractivity (Wildman–Crippen MR) is 53.0 cm³/mol. The van der Waals surface area contributed by atoms with Crippen molar-refractivity contribution in [1.29, 1.82) is 0 Å². The van der Waals surface area contributed by atoms with E-state index in [4.69, 9.17) is 11.6 Å². The highest BCUT2D eigenvalue weighted by atomic mass is 35.5. The summed E-state index contributed by atoms with van der Waals surface area (Å²) in [4.78, 5) is 8.80. The van der Waals surface area contributed by atoms with Gasteiger partial charge >= 0.3 is 10.2 Å². The Labute approximate surface area is 95.0 Å². The zero-order valence-corrected chi connectivity index (χ0v) is 9.38. The van der Waals surface area contributed by atoms with Gasteiger partial charge in [0, 0.05) is 0 Å². The fraction of sp³-hybridized carbons (Fsp3) is 0.143. The lowest BCUT2D eigenvalue weighted by Crippen LogP contribution is -1.99. The number of hydrogen-bond donors (Lipinski definition) is 0. The van der Waals surface area contributed by atoms with Crippen molar-refractivity contribution in [3.63, 3.8) is 0 Å². The number of methoxy groups -OCH3 is 1. The number of benzene rings is 1. The highest BCUT2D eigenvalue weighted by Crippen LogP contribution is 2.35. The van der Waals surface area contributed by atoms with E-state index in [2.05, 4.69) is 4.74 Å². The van der Waals surface area contributed by atoms with Crippen molar-refractivity contribution < 1.29 is 22.0 Å². The largest absolute Gasteiger partial charge is 0.495 e. The van der Waals surface area contributed by atoms with Gasteiger partial charge in [-0.05, 0) is 6.07 Å². The molecule has 0 heterocycles. The fourth-order valence-electron chi connectivity index (χ4n) is 1.01. The summed E-state index contributed by atoms with van der Waals surface area (Å²) in [5.41, 5.74) is -0.564. The average molecular weight is 270 g/mol. The van der Waals surface area contributed by atoms with E-state index in [0.29, 0.717) is 6.07 Å². The molecule has 0 saturated carbocycles. The lowest BCUT2D eigenvalue weighted by molar-refractivity contribution is -0.384. The number of halogens is 2. The second-order valence-electron chi connectivity index (χ2n) is 2.65. The summed E-state index contributed by atoms with van der Waals surface area (Å²) in [6, 6.07) is 1.38. The molecule has 9 heteroatoms. The van der Waals surface area contributed by atoms with Gasteiger partial charge in [0.25, 0.3) is 5.69 Å². The maximum Gasteiger partial charge on any atom is 0.335 e. The van der Waals surface area contributed by atoms with Gasteiger partial charge in [-0.2, -0.15) is 8.42 Å². The zero-order valence-electron chi connectivity index (χ0n) is 7.81. The van der Waals surface area contributed by atoms with Crippen molar-refractivity contribution >= 4 is 27.5 Å². The molecule has 0 amide bonds. The molecule has 0 N–H and O–H groups in total. The Bertz CT molecular complexity index is 544. The van der Waals surface area contributed by atoms with Crippen molar-refractivity contribution in [2.24, 2.45) is 0 Å². The number of nitrogens with zero attached hydrogens (tertiary/aromatic N) is 1. The Morgan fingerprint density at radius 1 is 1.50 bits per heavy atom. The van der Waals surface area contributed by atoms with Gasteiger partial charge in [0.15, 0.2) is 0 Å². The Kier molecular flexibility index (Phi) is 3.34. The average Bonchev–Trinajstić information content (AvgIpc) is 2.15. The van der Waals surface area contributed by atoms with Gasteiger partial charge in [0.05, 0.1) is 18.1 Å². The van der Waals surface area contributed by atoms with E-state index in [9.17, 15) is 22.4 Å². The van der Waals surface area contributed by atoms with Crippen molar-refractivity contribution in [2.75, 3.05) is 7.11 Å². The summed E-state index contributed by atoms with van der Waals surface area (Å²) in [6.07, 6.45) is 0. The van der Waals surface area contributed by atoms with Gasteiger partial charge in [-0.25, -0.2) is 0 Å². The molecular formula is C7H5ClFNO5S. The molecule has 0 bridgehead atoms. The van der Waals surface area contributed by atoms with Crippen LogP contribution in [-0.2, 0) is 10.2 Å². The topological polar surface area (TPSA) is 86.5 Å². The zero-order chi connectivity index (χ0) is 12.5. The minimum absolute atomic E-state index is 0.474. The molecule has 0 radical (unpaired) electrons. The van der Waals surface area contributed by atoms with E-state index < -0.39 is 36.5 Å². The molecule has 0 spiro atoms. The first-order chi connectivity index (χ1) is 7.27. The molecule has 0 aliphatic carbocycles. The maximum absolute atomic E-state index is 12.7. The number of nitro groups is 1. The normalized spacial score (nSPS) is 11.2. The van der Waals surface area contributed by atoms with Crippen molar-refractivity contribution in [3.8, 4) is 5.75 Å². The van der Waals surface area contributed by atoms with Crippen molar-refractivity contribution in [1.82, 2.24) is 0 Å². The van der Waals surface area contributed by atoms with E-state index in [1.165, 1.54) is 0 Å². The molecule has 16 heavy (non-hydrogen) atoms. The maximum atomic E-state index is 12.7. The monoisotopic (exact) mass is 269 g/mol. The van der Waals surface area contributed by atoms with Gasteiger partial charge in [-0.1, -0.05) is 11.6 Å². The number of hydrogen-bond acceptors (Lipinski definition) is 5. The van der Waals surface area contributed by atoms with Crippen LogP contribution in [0.5, 0.6) is 5.75 Å². The lowest BCUT2D eigenvalue weighted by atomic mass is 10.3. The van der Waals surface area contributed by atoms with Gasteiger partial charge in [0.2, 0.25) is 0 Å². The lowest BCUT2D eigenvalue weighted by Gasteiger charge is -2.05. The standard InChI is InChI=1S/C7H5ClFNO5S/c1-15-6-3-5(10(11)12)4(8)2-7(6)16(9,13)14/h2-3H,1H3. The minimum atomic E-state index is -5.04. The quantitative estimate of drug-likeness (QED) is 0.475. The first-order valence-electron chi connectivity index (χ1n) is 3.74. The highest BCUT2D eigenvalue weighted by Gasteiger charge is 2.24. The molecule has 1 aromatic carbocycles. The molecule has 0 saturated heterocycles. The van der Waals surface area contributed by atoms with E-state index in [0.717, 1.165) is 13.2 Å². The molecule has 6 nitrogen and oxygen atoms in total. The summed E-state index contributed by atoms with van der Waals surface area (Å²) in [7, 11) is -3.99. The van der Waals surface area contributed by atoms with Crippen LogP contribution in [-0.4, -0.2) is 20.5 Å². The molecule has 0 unspecified atom stereocenters. The van der Waals surface area contributed by atoms with Crippen LogP contribution >= 0.6 is 11.6 Å². The van der Waals surface area contributed by atoms with Crippen molar-refractivity contribution in [3.05, 3.63) is 27.3 Å². The van der Waals surface area contributed by atoms with E-state index >= 15 is 0 Å². The van der Waals surface area contributed by atoms with Gasteiger partial charge < -0.3 is 4.74 Å². The molecule has 0 fully saturated rings. The SMILES string of the molecule is COc1cc([N+](=O)[O-])c(Cl)cc1S(=O)(=O)F. The van der Waals surface area contributed by atoms with Crippen LogP contribution in [0.1, 0.15) is 0 Å². The van der Waals surface area contributed by atoms with Crippen LogP contribution in [0.4, 0.5) is 9.57 Å². The minimum Gasteiger partial charge on any atom is -0.495 e. The second kappa shape index (κ2) is 4.22. The number of nitro benzene ring substituents is 1. The fourth-order valence-corrected chi connectivity index (χ4v) is 1.95. The third-order valence-corrected chi connectivity index (χ3v) is 2.84. The van der Waals surface area contributed by atoms with E-state index in [1.807, 2.05) is 0 Å². The molecule has 1 aromatic rings. The molecule has 0 aromatic heterocycles. The Hall–Kier alpha value is -1.41. The van der Waals surface area contributed by atoms with Crippen LogP contribution in [0.3, 0.4) is 0 Å². The molecule has 0 aliphatic rings. The summed E-state index contributed by atoms with van der Waals surface area (Å²) in [5, 5.41) is 9.99. The smallest absolute Gasteiger partial charge is 0.335 e. The third kappa shape index (κ3) is 2.39. The van der Waals surface area contributed by atoms with E-state index in [-0.39, 0.29) is 0 Å². The van der Waals surface area contributed by atoms with Crippen LogP contribution in [0.2, 0.25) is 5.02 Å². The third-order valence-electron chi connectivity index (χ3n) is 1.69. The first-order valence-corrected chi connectivity index (χ1v) is 5.50. The van der Waals surface area contributed by atoms with Crippen LogP contribution in [0.15, 0.2) is 17.0 Å². The first kappa shape index (κ1) is 12.7. The van der Waals surface area contributed by atoms with Gasteiger partial charge in [-0.15, -0.1) is 3.89 Å². The van der Waals surface area contributed by atoms with Crippen LogP contribution < -0.4 is 4.74 Å². The van der Waals surface area contributed by atoms with Gasteiger partial charge in [-0.3, -0.25) is 10.1 Å². The predicted octanol–water partition coefficient (Wildman–Crippen LogP) is 1.91. The Morgan fingerprint density at radius 2 is 2.06 bits per heavy atom. The molecular weight excluding hydrogens is 265 g/mol. The molecule has 1 rings (SSSR count). The van der Waals surface area contributed by atoms with E-state index in [1.54, 1.807) is 0 Å². The summed E-state index contributed by atoms with van der Waals surface area (Å²) < 4.78 is 38.6. The summed E-state index contributed by atoms with van der Waals surface area (Å²) >= 11 is 5.43. The van der Waals surface area contributed by atoms with Gasteiger partial charge in [0.1, 0.15) is 15.7 Å². The molecule has 88 valence electrons. The van der Waals surface area contributed by atoms with Crippen LogP contribution in [0, 0.1) is 10.1 Å². The number of ether oxygens (including phenoxy) is 1. The second-order valence-corrected chi connectivity index (χ2v) is 4.37. The highest BCUT2D eigenvalue weighted by molar-refractivity contribution is 7.86. The summed E-state index contributed by atoms with van der Waals surface area (Å²) in [6.45, 7) is 0. The Balaban J connectivity index is 3.57. The summed E-state index contributed by atoms with van der Waals surface area (Å²) in [5.74, 6) is -0.474. The van der Waals surface area contributed by atoms with Crippen molar-refractivity contribution in [2.45, 2.75) is 4.90 Å². The van der Waals surface area contributed by atoms with Crippen LogP contribution in [0.25, 0.3) is 0 Å².